The van der Waals surface area contributed by atoms with Crippen molar-refractivity contribution in [3.63, 3.8) is 0 Å². The molecule has 0 bridgehead atoms. The highest BCUT2D eigenvalue weighted by Crippen LogP contribution is 2.28. The van der Waals surface area contributed by atoms with Crippen LogP contribution in [0.2, 0.25) is 5.02 Å². The molecule has 0 N–H and O–H groups in total. The number of piperazine rings is 1. The van der Waals surface area contributed by atoms with Crippen molar-refractivity contribution in [1.29, 1.82) is 0 Å². The zero-order chi connectivity index (χ0) is 26.5. The van der Waals surface area contributed by atoms with Crippen molar-refractivity contribution in [3.05, 3.63) is 91.9 Å². The van der Waals surface area contributed by atoms with Crippen molar-refractivity contribution < 1.29 is 9.72 Å². The van der Waals surface area contributed by atoms with E-state index in [1.165, 1.54) is 12.1 Å². The molecule has 9 heteroatoms. The van der Waals surface area contributed by atoms with E-state index in [4.69, 9.17) is 21.6 Å². The second-order valence-corrected chi connectivity index (χ2v) is 10.1. The molecule has 194 valence electrons. The van der Waals surface area contributed by atoms with E-state index < -0.39 is 0 Å². The highest BCUT2D eigenvalue weighted by Gasteiger charge is 2.27. The first-order chi connectivity index (χ1) is 17.8. The lowest BCUT2D eigenvalue weighted by Gasteiger charge is -2.37. The number of non-ortho nitro benzene ring substituents is 1. The number of aromatic nitrogens is 2. The van der Waals surface area contributed by atoms with E-state index >= 15 is 0 Å². The van der Waals surface area contributed by atoms with Gasteiger partial charge in [0.05, 0.1) is 15.5 Å². The molecule has 1 amide bonds. The molecule has 0 spiro atoms. The predicted octanol–water partition coefficient (Wildman–Crippen LogP) is 5.35. The highest BCUT2D eigenvalue weighted by molar-refractivity contribution is 6.33. The van der Waals surface area contributed by atoms with Crippen LogP contribution in [-0.4, -0.2) is 51.9 Å². The van der Waals surface area contributed by atoms with Gasteiger partial charge in [0.25, 0.3) is 11.6 Å². The lowest BCUT2D eigenvalue weighted by atomic mass is 10.0. The maximum absolute atomic E-state index is 13.1. The van der Waals surface area contributed by atoms with Crippen LogP contribution in [0.4, 0.5) is 11.5 Å². The molecule has 8 nitrogen and oxygen atoms in total. The smallest absolute Gasteiger partial charge is 0.269 e. The maximum atomic E-state index is 13.1. The van der Waals surface area contributed by atoms with Crippen LogP contribution in [0.1, 0.15) is 53.8 Å². The van der Waals surface area contributed by atoms with Gasteiger partial charge in [-0.1, -0.05) is 56.6 Å². The largest absolute Gasteiger partial charge is 0.353 e. The fraction of sp³-hybridized carbons (Fsp3) is 0.393. The van der Waals surface area contributed by atoms with Crippen molar-refractivity contribution >= 4 is 29.0 Å². The summed E-state index contributed by atoms with van der Waals surface area (Å²) in [6.07, 6.45) is 2.12. The molecule has 0 aliphatic carbocycles. The molecule has 1 saturated heterocycles. The van der Waals surface area contributed by atoms with E-state index in [1.54, 1.807) is 24.3 Å². The first kappa shape index (κ1) is 26.5. The number of aryl methyl sites for hydroxylation is 1. The number of amides is 1. The van der Waals surface area contributed by atoms with E-state index in [9.17, 15) is 14.9 Å². The van der Waals surface area contributed by atoms with Gasteiger partial charge in [-0.05, 0) is 30.0 Å². The normalized spacial score (nSPS) is 13.8. The summed E-state index contributed by atoms with van der Waals surface area (Å²) in [4.78, 5) is 37.8. The number of hydrogen-bond donors (Lipinski definition) is 0. The van der Waals surface area contributed by atoms with Crippen LogP contribution in [0.3, 0.4) is 0 Å². The zero-order valence-electron chi connectivity index (χ0n) is 21.5. The Morgan fingerprint density at radius 2 is 1.73 bits per heavy atom. The van der Waals surface area contributed by atoms with Gasteiger partial charge < -0.3 is 9.80 Å². The molecule has 2 heterocycles. The Balaban J connectivity index is 1.61. The van der Waals surface area contributed by atoms with Crippen molar-refractivity contribution in [2.24, 2.45) is 5.92 Å². The zero-order valence-corrected chi connectivity index (χ0v) is 22.2. The molecule has 3 aromatic rings. The molecule has 37 heavy (non-hydrogen) atoms. The van der Waals surface area contributed by atoms with E-state index in [1.807, 2.05) is 17.0 Å². The summed E-state index contributed by atoms with van der Waals surface area (Å²) in [7, 11) is 0. The van der Waals surface area contributed by atoms with Crippen LogP contribution in [-0.2, 0) is 19.3 Å². The summed E-state index contributed by atoms with van der Waals surface area (Å²) >= 11 is 6.27. The standard InChI is InChI=1S/C28H32ClN5O3/c1-4-25-23(18-20-9-11-21(12-10-20)34(36)37)27(31-26(30-25)17-19(2)3)32-13-15-33(16-14-32)28(35)22-7-5-6-8-24(22)29/h5-12,19H,4,13-18H2,1-3H3. The third-order valence-corrected chi connectivity index (χ3v) is 6.87. The number of nitro groups is 1. The Bertz CT molecular complexity index is 1270. The quantitative estimate of drug-likeness (QED) is 0.293. The molecule has 0 unspecified atom stereocenters. The van der Waals surface area contributed by atoms with Gasteiger partial charge in [0.15, 0.2) is 0 Å². The van der Waals surface area contributed by atoms with Gasteiger partial charge in [0, 0.05) is 62.4 Å². The Hall–Kier alpha value is -3.52. The number of rotatable bonds is 8. The summed E-state index contributed by atoms with van der Waals surface area (Å²) < 4.78 is 0. The number of benzene rings is 2. The minimum atomic E-state index is -0.389. The van der Waals surface area contributed by atoms with E-state index in [-0.39, 0.29) is 16.5 Å². The summed E-state index contributed by atoms with van der Waals surface area (Å²) in [5.74, 6) is 2.08. The molecule has 4 rings (SSSR count). The Morgan fingerprint density at radius 3 is 2.32 bits per heavy atom. The molecule has 1 fully saturated rings. The summed E-state index contributed by atoms with van der Waals surface area (Å²) in [6.45, 7) is 8.80. The van der Waals surface area contributed by atoms with Crippen LogP contribution in [0, 0.1) is 16.0 Å². The van der Waals surface area contributed by atoms with Crippen LogP contribution in [0.5, 0.6) is 0 Å². The first-order valence-corrected chi connectivity index (χ1v) is 13.0. The Kier molecular flexibility index (Phi) is 8.38. The molecule has 0 atom stereocenters. The van der Waals surface area contributed by atoms with Crippen molar-refractivity contribution in [2.75, 3.05) is 31.1 Å². The van der Waals surface area contributed by atoms with Gasteiger partial charge in [0.2, 0.25) is 0 Å². The third-order valence-electron chi connectivity index (χ3n) is 6.54. The van der Waals surface area contributed by atoms with Gasteiger partial charge in [-0.15, -0.1) is 0 Å². The molecule has 1 aromatic heterocycles. The number of carbonyl (C=O) groups is 1. The Morgan fingerprint density at radius 1 is 1.05 bits per heavy atom. The monoisotopic (exact) mass is 521 g/mol. The molecular weight excluding hydrogens is 490 g/mol. The second-order valence-electron chi connectivity index (χ2n) is 9.70. The molecule has 1 aliphatic heterocycles. The number of nitrogens with zero attached hydrogens (tertiary/aromatic N) is 5. The number of anilines is 1. The third kappa shape index (κ3) is 6.25. The van der Waals surface area contributed by atoms with Gasteiger partial charge in [-0.25, -0.2) is 9.97 Å². The van der Waals surface area contributed by atoms with Crippen molar-refractivity contribution in [3.8, 4) is 0 Å². The van der Waals surface area contributed by atoms with Gasteiger partial charge in [-0.2, -0.15) is 0 Å². The predicted molar refractivity (Wildman–Crippen MR) is 145 cm³/mol. The van der Waals surface area contributed by atoms with Crippen molar-refractivity contribution in [2.45, 2.75) is 40.0 Å². The molecule has 2 aromatic carbocycles. The number of nitro benzene ring substituents is 1. The number of hydrogen-bond acceptors (Lipinski definition) is 6. The minimum Gasteiger partial charge on any atom is -0.353 e. The highest BCUT2D eigenvalue weighted by atomic mass is 35.5. The summed E-state index contributed by atoms with van der Waals surface area (Å²) in [5, 5.41) is 11.5. The molecule has 0 saturated carbocycles. The van der Waals surface area contributed by atoms with E-state index in [2.05, 4.69) is 25.7 Å². The fourth-order valence-corrected chi connectivity index (χ4v) is 4.84. The lowest BCUT2D eigenvalue weighted by Crippen LogP contribution is -2.49. The minimum absolute atomic E-state index is 0.0613. The van der Waals surface area contributed by atoms with Gasteiger partial charge in [-0.3, -0.25) is 14.9 Å². The topological polar surface area (TPSA) is 92.5 Å². The number of halogens is 1. The SMILES string of the molecule is CCc1nc(CC(C)C)nc(N2CCN(C(=O)c3ccccc3Cl)CC2)c1Cc1ccc([N+](=O)[O-])cc1. The molecular formula is C28H32ClN5O3. The summed E-state index contributed by atoms with van der Waals surface area (Å²) in [5.41, 5.74) is 3.59. The summed E-state index contributed by atoms with van der Waals surface area (Å²) in [6, 6.07) is 13.8. The van der Waals surface area contributed by atoms with Gasteiger partial charge >= 0.3 is 0 Å². The van der Waals surface area contributed by atoms with Crippen LogP contribution in [0.15, 0.2) is 48.5 Å². The second kappa shape index (κ2) is 11.7. The fourth-order valence-electron chi connectivity index (χ4n) is 4.62. The number of carbonyl (C=O) groups excluding carboxylic acids is 1. The lowest BCUT2D eigenvalue weighted by molar-refractivity contribution is -0.384. The van der Waals surface area contributed by atoms with Crippen LogP contribution >= 0.6 is 11.6 Å². The molecule has 0 radical (unpaired) electrons. The van der Waals surface area contributed by atoms with E-state index in [0.29, 0.717) is 49.1 Å². The van der Waals surface area contributed by atoms with E-state index in [0.717, 1.165) is 41.3 Å². The average molecular weight is 522 g/mol. The van der Waals surface area contributed by atoms with Crippen LogP contribution in [0.25, 0.3) is 0 Å². The van der Waals surface area contributed by atoms with Crippen LogP contribution < -0.4 is 4.90 Å². The molecule has 1 aliphatic rings. The average Bonchev–Trinajstić information content (AvgIpc) is 2.89. The van der Waals surface area contributed by atoms with Gasteiger partial charge in [0.1, 0.15) is 11.6 Å². The van der Waals surface area contributed by atoms with Crippen molar-refractivity contribution in [1.82, 2.24) is 14.9 Å². The first-order valence-electron chi connectivity index (χ1n) is 12.7. The Labute approximate surface area is 222 Å². The maximum Gasteiger partial charge on any atom is 0.269 e.